The molecule has 0 fully saturated rings. The van der Waals surface area contributed by atoms with Crippen LogP contribution in [0.15, 0.2) is 42.6 Å². The average molecular weight is 240 g/mol. The molecular formula is C14H12N2O2. The zero-order chi connectivity index (χ0) is 13.0. The first-order valence-corrected chi connectivity index (χ1v) is 5.50. The molecule has 0 amide bonds. The Morgan fingerprint density at radius 1 is 1.17 bits per heavy atom. The molecule has 4 heteroatoms. The van der Waals surface area contributed by atoms with Crippen LogP contribution in [0.2, 0.25) is 0 Å². The molecule has 0 atom stereocenters. The zero-order valence-corrected chi connectivity index (χ0v) is 9.91. The molecule has 1 aromatic carbocycles. The summed E-state index contributed by atoms with van der Waals surface area (Å²) in [5.74, 6) is 0. The van der Waals surface area contributed by atoms with E-state index in [0.717, 1.165) is 16.8 Å². The van der Waals surface area contributed by atoms with Crippen LogP contribution in [-0.2, 0) is 0 Å². The zero-order valence-electron chi connectivity index (χ0n) is 9.91. The molecule has 0 aliphatic heterocycles. The molecule has 1 heterocycles. The van der Waals surface area contributed by atoms with Gasteiger partial charge in [-0.2, -0.15) is 0 Å². The number of non-ortho nitro benzene ring substituents is 1. The van der Waals surface area contributed by atoms with Crippen molar-refractivity contribution in [3.8, 4) is 0 Å². The number of hydrogen-bond acceptors (Lipinski definition) is 3. The van der Waals surface area contributed by atoms with Gasteiger partial charge < -0.3 is 0 Å². The molecule has 4 nitrogen and oxygen atoms in total. The predicted molar refractivity (Wildman–Crippen MR) is 71.0 cm³/mol. The molecule has 0 N–H and O–H groups in total. The summed E-state index contributed by atoms with van der Waals surface area (Å²) in [7, 11) is 0. The smallest absolute Gasteiger partial charge is 0.258 e. The van der Waals surface area contributed by atoms with Crippen molar-refractivity contribution in [3.63, 3.8) is 0 Å². The number of nitro groups is 1. The van der Waals surface area contributed by atoms with E-state index in [-0.39, 0.29) is 5.69 Å². The summed E-state index contributed by atoms with van der Waals surface area (Å²) >= 11 is 0. The van der Waals surface area contributed by atoms with Crippen LogP contribution in [0.3, 0.4) is 0 Å². The van der Waals surface area contributed by atoms with Gasteiger partial charge in [-0.05, 0) is 48.4 Å². The van der Waals surface area contributed by atoms with Crippen molar-refractivity contribution in [2.75, 3.05) is 0 Å². The number of aromatic nitrogens is 1. The summed E-state index contributed by atoms with van der Waals surface area (Å²) in [5.41, 5.74) is 3.02. The van der Waals surface area contributed by atoms with E-state index in [1.807, 2.05) is 31.2 Å². The monoisotopic (exact) mass is 240 g/mol. The quantitative estimate of drug-likeness (QED) is 0.609. The lowest BCUT2D eigenvalue weighted by atomic mass is 10.1. The molecule has 0 unspecified atom stereocenters. The van der Waals surface area contributed by atoms with Gasteiger partial charge in [0.1, 0.15) is 0 Å². The van der Waals surface area contributed by atoms with E-state index >= 15 is 0 Å². The van der Waals surface area contributed by atoms with Crippen molar-refractivity contribution in [1.29, 1.82) is 0 Å². The highest BCUT2D eigenvalue weighted by atomic mass is 16.6. The number of rotatable bonds is 3. The molecule has 2 rings (SSSR count). The van der Waals surface area contributed by atoms with Gasteiger partial charge in [0, 0.05) is 18.3 Å². The van der Waals surface area contributed by atoms with Gasteiger partial charge in [-0.15, -0.1) is 0 Å². The van der Waals surface area contributed by atoms with Crippen LogP contribution >= 0.6 is 0 Å². The maximum absolute atomic E-state index is 10.5. The third-order valence-electron chi connectivity index (χ3n) is 2.49. The minimum absolute atomic E-state index is 0.0980. The number of benzene rings is 1. The third-order valence-corrected chi connectivity index (χ3v) is 2.49. The number of pyridine rings is 1. The molecule has 2 aromatic rings. The molecular weight excluding hydrogens is 228 g/mol. The molecule has 1 aromatic heterocycles. The molecule has 0 aliphatic rings. The van der Waals surface area contributed by atoms with Crippen molar-refractivity contribution < 1.29 is 4.92 Å². The van der Waals surface area contributed by atoms with E-state index in [4.69, 9.17) is 0 Å². The largest absolute Gasteiger partial charge is 0.269 e. The van der Waals surface area contributed by atoms with Gasteiger partial charge in [0.25, 0.3) is 5.69 Å². The second-order valence-corrected chi connectivity index (χ2v) is 3.94. The highest BCUT2D eigenvalue weighted by molar-refractivity contribution is 5.68. The lowest BCUT2D eigenvalue weighted by Crippen LogP contribution is -1.86. The Balaban J connectivity index is 2.16. The highest BCUT2D eigenvalue weighted by Gasteiger charge is 2.02. The highest BCUT2D eigenvalue weighted by Crippen LogP contribution is 2.14. The minimum atomic E-state index is -0.407. The maximum Gasteiger partial charge on any atom is 0.269 e. The van der Waals surface area contributed by atoms with Crippen LogP contribution in [0.1, 0.15) is 16.8 Å². The number of hydrogen-bond donors (Lipinski definition) is 0. The third kappa shape index (κ3) is 3.01. The van der Waals surface area contributed by atoms with Crippen molar-refractivity contribution in [2.24, 2.45) is 0 Å². The number of aryl methyl sites for hydroxylation is 1. The van der Waals surface area contributed by atoms with Crippen LogP contribution < -0.4 is 0 Å². The first kappa shape index (κ1) is 12.0. The number of nitrogens with zero attached hydrogens (tertiary/aromatic N) is 2. The summed E-state index contributed by atoms with van der Waals surface area (Å²) in [6.45, 7) is 2.00. The molecule has 0 spiro atoms. The van der Waals surface area contributed by atoms with E-state index in [1.54, 1.807) is 18.3 Å². The van der Waals surface area contributed by atoms with E-state index in [0.29, 0.717) is 0 Å². The van der Waals surface area contributed by atoms with Crippen LogP contribution in [0.25, 0.3) is 12.2 Å². The second-order valence-electron chi connectivity index (χ2n) is 3.94. The van der Waals surface area contributed by atoms with Gasteiger partial charge in [0.2, 0.25) is 0 Å². The summed E-state index contributed by atoms with van der Waals surface area (Å²) in [4.78, 5) is 14.3. The van der Waals surface area contributed by atoms with Crippen molar-refractivity contribution in [3.05, 3.63) is 69.5 Å². The fourth-order valence-corrected chi connectivity index (χ4v) is 1.54. The molecule has 0 saturated heterocycles. The van der Waals surface area contributed by atoms with E-state index in [2.05, 4.69) is 4.98 Å². The average Bonchev–Trinajstić information content (AvgIpc) is 2.37. The topological polar surface area (TPSA) is 56.0 Å². The van der Waals surface area contributed by atoms with Crippen molar-refractivity contribution >= 4 is 17.8 Å². The Bertz CT molecular complexity index is 589. The molecule has 0 bridgehead atoms. The lowest BCUT2D eigenvalue weighted by molar-refractivity contribution is -0.384. The Morgan fingerprint density at radius 2 is 1.89 bits per heavy atom. The van der Waals surface area contributed by atoms with Crippen molar-refractivity contribution in [1.82, 2.24) is 4.98 Å². The van der Waals surface area contributed by atoms with Gasteiger partial charge in [-0.3, -0.25) is 15.1 Å². The summed E-state index contributed by atoms with van der Waals surface area (Å²) in [6, 6.07) is 10.3. The minimum Gasteiger partial charge on any atom is -0.258 e. The molecule has 90 valence electrons. The molecule has 18 heavy (non-hydrogen) atoms. The maximum atomic E-state index is 10.5. The Morgan fingerprint density at radius 3 is 2.50 bits per heavy atom. The Kier molecular flexibility index (Phi) is 3.48. The summed E-state index contributed by atoms with van der Waals surface area (Å²) in [5, 5.41) is 10.5. The first-order chi connectivity index (χ1) is 8.65. The van der Waals surface area contributed by atoms with Gasteiger partial charge >= 0.3 is 0 Å². The fraction of sp³-hybridized carbons (Fsp3) is 0.0714. The van der Waals surface area contributed by atoms with Gasteiger partial charge in [-0.25, -0.2) is 0 Å². The molecule has 0 aliphatic carbocycles. The Labute approximate surface area is 105 Å². The fourth-order valence-electron chi connectivity index (χ4n) is 1.54. The van der Waals surface area contributed by atoms with Gasteiger partial charge in [-0.1, -0.05) is 6.08 Å². The summed E-state index contributed by atoms with van der Waals surface area (Å²) in [6.07, 6.45) is 5.52. The van der Waals surface area contributed by atoms with E-state index in [9.17, 15) is 10.1 Å². The van der Waals surface area contributed by atoms with E-state index in [1.165, 1.54) is 12.1 Å². The van der Waals surface area contributed by atoms with Crippen LogP contribution in [0.4, 0.5) is 5.69 Å². The van der Waals surface area contributed by atoms with Gasteiger partial charge in [0.15, 0.2) is 0 Å². The standard InChI is InChI=1S/C14H12N2O2/c1-11-8-9-15-13(10-11)5-2-12-3-6-14(7-4-12)16(17)18/h2-10H,1H3. The van der Waals surface area contributed by atoms with Crippen LogP contribution in [0.5, 0.6) is 0 Å². The van der Waals surface area contributed by atoms with Crippen LogP contribution in [0, 0.1) is 17.0 Å². The first-order valence-electron chi connectivity index (χ1n) is 5.50. The lowest BCUT2D eigenvalue weighted by Gasteiger charge is -1.96. The van der Waals surface area contributed by atoms with Crippen LogP contribution in [-0.4, -0.2) is 9.91 Å². The van der Waals surface area contributed by atoms with Gasteiger partial charge in [0.05, 0.1) is 10.6 Å². The second kappa shape index (κ2) is 5.23. The molecule has 0 radical (unpaired) electrons. The van der Waals surface area contributed by atoms with Crippen molar-refractivity contribution in [2.45, 2.75) is 6.92 Å². The summed E-state index contributed by atoms with van der Waals surface area (Å²) < 4.78 is 0. The normalized spacial score (nSPS) is 10.7. The number of nitro benzene ring substituents is 1. The van der Waals surface area contributed by atoms with E-state index < -0.39 is 4.92 Å². The SMILES string of the molecule is Cc1ccnc(C=Cc2ccc([N+](=O)[O-])cc2)c1. The Hall–Kier alpha value is -2.49. The molecule has 0 saturated carbocycles. The predicted octanol–water partition coefficient (Wildman–Crippen LogP) is 3.47.